The van der Waals surface area contributed by atoms with Crippen molar-refractivity contribution in [2.24, 2.45) is 0 Å². The molecule has 0 saturated carbocycles. The van der Waals surface area contributed by atoms with E-state index in [1.807, 2.05) is 54.7 Å². The van der Waals surface area contributed by atoms with Gasteiger partial charge in [-0.25, -0.2) is 14.8 Å². The second-order valence-corrected chi connectivity index (χ2v) is 6.66. The Balaban J connectivity index is 1.77. The van der Waals surface area contributed by atoms with Gasteiger partial charge >= 0.3 is 5.97 Å². The number of aromatic nitrogens is 4. The molecule has 0 radical (unpaired) electrons. The summed E-state index contributed by atoms with van der Waals surface area (Å²) in [7, 11) is 0. The van der Waals surface area contributed by atoms with Crippen molar-refractivity contribution in [2.45, 2.75) is 0 Å². The first-order valence-corrected chi connectivity index (χ1v) is 9.12. The normalized spacial score (nSPS) is 11.0. The van der Waals surface area contributed by atoms with Crippen LogP contribution in [0, 0.1) is 0 Å². The molecule has 3 N–H and O–H groups in total. The van der Waals surface area contributed by atoms with Gasteiger partial charge in [0.25, 0.3) is 0 Å². The Bertz CT molecular complexity index is 1340. The first-order chi connectivity index (χ1) is 14.2. The van der Waals surface area contributed by atoms with E-state index in [1.54, 1.807) is 24.4 Å². The Morgan fingerprint density at radius 3 is 2.59 bits per heavy atom. The van der Waals surface area contributed by atoms with Crippen LogP contribution in [0.5, 0.6) is 0 Å². The number of carboxylic acid groups (broad SMARTS) is 1. The van der Waals surface area contributed by atoms with Crippen molar-refractivity contribution >= 4 is 17.0 Å². The Kier molecular flexibility index (Phi) is 3.95. The predicted octanol–water partition coefficient (Wildman–Crippen LogP) is 4.99. The molecule has 3 heterocycles. The number of imidazole rings is 1. The van der Waals surface area contributed by atoms with Crippen LogP contribution in [0.4, 0.5) is 0 Å². The molecule has 0 aliphatic carbocycles. The Morgan fingerprint density at radius 2 is 1.76 bits per heavy atom. The maximum Gasteiger partial charge on any atom is 0.335 e. The number of hydrogen-bond acceptors (Lipinski definition) is 3. The maximum absolute atomic E-state index is 11.5. The Hall–Kier alpha value is -4.19. The molecule has 140 valence electrons. The van der Waals surface area contributed by atoms with E-state index < -0.39 is 5.97 Å². The minimum absolute atomic E-state index is 0.222. The average molecular weight is 380 g/mol. The maximum atomic E-state index is 11.5. The first kappa shape index (κ1) is 16.9. The van der Waals surface area contributed by atoms with Crippen molar-refractivity contribution in [3.05, 3.63) is 84.7 Å². The second kappa shape index (κ2) is 6.76. The van der Waals surface area contributed by atoms with E-state index in [2.05, 4.69) is 15.0 Å². The Morgan fingerprint density at radius 1 is 0.931 bits per heavy atom. The van der Waals surface area contributed by atoms with Crippen LogP contribution < -0.4 is 0 Å². The van der Waals surface area contributed by atoms with Crippen LogP contribution in [0.1, 0.15) is 10.4 Å². The smallest absolute Gasteiger partial charge is 0.335 e. The molecule has 5 rings (SSSR count). The fraction of sp³-hybridized carbons (Fsp3) is 0. The van der Waals surface area contributed by atoms with E-state index >= 15 is 0 Å². The van der Waals surface area contributed by atoms with E-state index in [9.17, 15) is 9.90 Å². The summed E-state index contributed by atoms with van der Waals surface area (Å²) >= 11 is 0. The summed E-state index contributed by atoms with van der Waals surface area (Å²) in [4.78, 5) is 27.2. The highest BCUT2D eigenvalue weighted by molar-refractivity contribution is 5.97. The molecule has 0 spiro atoms. The predicted molar refractivity (Wildman–Crippen MR) is 112 cm³/mol. The molecule has 0 aliphatic heterocycles. The van der Waals surface area contributed by atoms with Crippen LogP contribution in [0.15, 0.2) is 79.1 Å². The van der Waals surface area contributed by atoms with E-state index in [0.29, 0.717) is 5.69 Å². The van der Waals surface area contributed by atoms with Crippen LogP contribution in [-0.4, -0.2) is 31.0 Å². The number of hydrogen-bond donors (Lipinski definition) is 3. The van der Waals surface area contributed by atoms with Gasteiger partial charge in [-0.15, -0.1) is 0 Å². The zero-order valence-corrected chi connectivity index (χ0v) is 15.3. The summed E-state index contributed by atoms with van der Waals surface area (Å²) in [5.41, 5.74) is 5.15. The van der Waals surface area contributed by atoms with Crippen LogP contribution in [0.25, 0.3) is 44.9 Å². The minimum atomic E-state index is -0.968. The SMILES string of the molecule is O=C(O)c1cccc(-c2nc(-c3ccccc3)[nH]c2-c2ccnc3[nH]ccc23)c1. The summed E-state index contributed by atoms with van der Waals surface area (Å²) in [6.45, 7) is 0. The fourth-order valence-electron chi connectivity index (χ4n) is 3.49. The Labute approximate surface area is 165 Å². The molecule has 5 aromatic rings. The summed E-state index contributed by atoms with van der Waals surface area (Å²) in [6.07, 6.45) is 3.59. The van der Waals surface area contributed by atoms with Crippen LogP contribution in [0.2, 0.25) is 0 Å². The monoisotopic (exact) mass is 380 g/mol. The van der Waals surface area contributed by atoms with Crippen molar-refractivity contribution in [1.82, 2.24) is 19.9 Å². The summed E-state index contributed by atoms with van der Waals surface area (Å²) < 4.78 is 0. The number of carbonyl (C=O) groups is 1. The molecule has 6 nitrogen and oxygen atoms in total. The topological polar surface area (TPSA) is 94.7 Å². The van der Waals surface area contributed by atoms with Crippen LogP contribution in [0.3, 0.4) is 0 Å². The van der Waals surface area contributed by atoms with Crippen molar-refractivity contribution in [3.63, 3.8) is 0 Å². The van der Waals surface area contributed by atoms with Gasteiger partial charge in [-0.3, -0.25) is 0 Å². The lowest BCUT2D eigenvalue weighted by molar-refractivity contribution is 0.0697. The molecule has 0 unspecified atom stereocenters. The molecule has 0 aliphatic rings. The molecular weight excluding hydrogens is 364 g/mol. The summed E-state index contributed by atoms with van der Waals surface area (Å²) in [6, 6.07) is 20.6. The lowest BCUT2D eigenvalue weighted by Gasteiger charge is -2.05. The molecule has 0 bridgehead atoms. The van der Waals surface area contributed by atoms with Gasteiger partial charge in [0.2, 0.25) is 0 Å². The van der Waals surface area contributed by atoms with E-state index in [0.717, 1.165) is 39.2 Å². The molecule has 2 aromatic carbocycles. The van der Waals surface area contributed by atoms with Crippen molar-refractivity contribution < 1.29 is 9.90 Å². The number of aromatic carboxylic acids is 1. The van der Waals surface area contributed by atoms with Gasteiger partial charge in [-0.05, 0) is 24.3 Å². The van der Waals surface area contributed by atoms with Gasteiger partial charge in [0.15, 0.2) is 0 Å². The zero-order valence-electron chi connectivity index (χ0n) is 15.3. The number of carboxylic acids is 1. The number of rotatable bonds is 4. The van der Waals surface area contributed by atoms with Crippen molar-refractivity contribution in [2.75, 3.05) is 0 Å². The van der Waals surface area contributed by atoms with E-state index in [4.69, 9.17) is 4.98 Å². The summed E-state index contributed by atoms with van der Waals surface area (Å²) in [5.74, 6) is -0.249. The molecule has 29 heavy (non-hydrogen) atoms. The largest absolute Gasteiger partial charge is 0.478 e. The first-order valence-electron chi connectivity index (χ1n) is 9.12. The molecule has 0 fully saturated rings. The number of fused-ring (bicyclic) bond motifs is 1. The van der Waals surface area contributed by atoms with Gasteiger partial charge in [0.1, 0.15) is 11.5 Å². The third kappa shape index (κ3) is 2.96. The van der Waals surface area contributed by atoms with Gasteiger partial charge in [-0.1, -0.05) is 42.5 Å². The zero-order chi connectivity index (χ0) is 19.8. The van der Waals surface area contributed by atoms with Crippen molar-refractivity contribution in [3.8, 4) is 33.9 Å². The van der Waals surface area contributed by atoms with E-state index in [-0.39, 0.29) is 5.56 Å². The number of nitrogens with one attached hydrogen (secondary N) is 2. The molecule has 0 saturated heterocycles. The standard InChI is InChI=1S/C23H16N4O2/c28-23(29)16-8-4-7-15(13-16)19-20(17-9-11-24-22-18(17)10-12-25-22)27-21(26-19)14-5-2-1-3-6-14/h1-13H,(H,24,25)(H,26,27)(H,28,29). The molecule has 6 heteroatoms. The van der Waals surface area contributed by atoms with E-state index in [1.165, 1.54) is 0 Å². The second-order valence-electron chi connectivity index (χ2n) is 6.66. The average Bonchev–Trinajstić information content (AvgIpc) is 3.42. The lowest BCUT2D eigenvalue weighted by Crippen LogP contribution is -1.96. The molecule has 3 aromatic heterocycles. The third-order valence-electron chi connectivity index (χ3n) is 4.86. The highest BCUT2D eigenvalue weighted by Gasteiger charge is 2.18. The third-order valence-corrected chi connectivity index (χ3v) is 4.86. The number of H-pyrrole nitrogens is 2. The summed E-state index contributed by atoms with van der Waals surface area (Å²) in [5, 5.41) is 10.4. The number of nitrogens with zero attached hydrogens (tertiary/aromatic N) is 2. The highest BCUT2D eigenvalue weighted by Crippen LogP contribution is 2.36. The number of pyridine rings is 1. The molecule has 0 atom stereocenters. The van der Waals surface area contributed by atoms with Crippen LogP contribution in [-0.2, 0) is 0 Å². The van der Waals surface area contributed by atoms with Crippen molar-refractivity contribution in [1.29, 1.82) is 0 Å². The van der Waals surface area contributed by atoms with Gasteiger partial charge in [0.05, 0.1) is 17.0 Å². The van der Waals surface area contributed by atoms with Gasteiger partial charge in [-0.2, -0.15) is 0 Å². The number of benzene rings is 2. The minimum Gasteiger partial charge on any atom is -0.478 e. The molecule has 0 amide bonds. The van der Waals surface area contributed by atoms with Crippen LogP contribution >= 0.6 is 0 Å². The highest BCUT2D eigenvalue weighted by atomic mass is 16.4. The lowest BCUT2D eigenvalue weighted by atomic mass is 10.0. The fourth-order valence-corrected chi connectivity index (χ4v) is 3.49. The van der Waals surface area contributed by atoms with Gasteiger partial charge < -0.3 is 15.1 Å². The molecular formula is C23H16N4O2. The van der Waals surface area contributed by atoms with Gasteiger partial charge in [0, 0.05) is 34.5 Å². The quantitative estimate of drug-likeness (QED) is 0.409. The number of aromatic amines is 2.